The minimum Gasteiger partial charge on any atom is -0.493 e. The third kappa shape index (κ3) is 17.4. The van der Waals surface area contributed by atoms with E-state index < -0.39 is 66.0 Å². The van der Waals surface area contributed by atoms with Gasteiger partial charge in [-0.25, -0.2) is 55.2 Å². The van der Waals surface area contributed by atoms with Crippen LogP contribution in [0.15, 0.2) is 239 Å². The smallest absolute Gasteiger partial charge is 0.248 e. The average Bonchev–Trinajstić information content (AvgIpc) is 1.58. The van der Waals surface area contributed by atoms with Crippen LogP contribution in [-0.4, -0.2) is 107 Å². The Morgan fingerprint density at radius 2 is 0.811 bits per heavy atom. The van der Waals surface area contributed by atoms with Crippen LogP contribution in [0.4, 0.5) is 35.1 Å². The summed E-state index contributed by atoms with van der Waals surface area (Å²) in [5, 5.41) is 28.7. The molecule has 4 unspecified atom stereocenters. The second-order valence-corrected chi connectivity index (χ2v) is 35.5. The van der Waals surface area contributed by atoms with Crippen LogP contribution in [0.25, 0.3) is 0 Å². The Kier molecular flexibility index (Phi) is 25.6. The second kappa shape index (κ2) is 37.0. The summed E-state index contributed by atoms with van der Waals surface area (Å²) in [6.45, 7) is 3.11. The van der Waals surface area contributed by atoms with Crippen molar-refractivity contribution in [2.45, 2.75) is 122 Å². The molecule has 2 aromatic heterocycles. The van der Waals surface area contributed by atoms with Crippen LogP contribution in [0.1, 0.15) is 144 Å². The number of ether oxygens (including phenoxy) is 2. The predicted molar refractivity (Wildman–Crippen MR) is 457 cm³/mol. The van der Waals surface area contributed by atoms with Crippen molar-refractivity contribution >= 4 is 90.9 Å². The monoisotopic (exact) mass is 1730 g/mol. The third-order valence-corrected chi connectivity index (χ3v) is 28.3. The molecular formula is C92H82F8N12O6S4. The first kappa shape index (κ1) is 84.6. The number of halogens is 8. The van der Waals surface area contributed by atoms with Crippen molar-refractivity contribution in [3.63, 3.8) is 0 Å². The van der Waals surface area contributed by atoms with Gasteiger partial charge in [-0.15, -0.1) is 0 Å². The summed E-state index contributed by atoms with van der Waals surface area (Å²) in [4.78, 5) is 58.3. The first-order valence-corrected chi connectivity index (χ1v) is 43.6. The van der Waals surface area contributed by atoms with Gasteiger partial charge in [-0.3, -0.25) is 29.1 Å². The van der Waals surface area contributed by atoms with Gasteiger partial charge in [0.05, 0.1) is 26.1 Å². The van der Waals surface area contributed by atoms with Crippen LogP contribution >= 0.6 is 47.0 Å². The first-order chi connectivity index (χ1) is 59.2. The van der Waals surface area contributed by atoms with Gasteiger partial charge >= 0.3 is 0 Å². The van der Waals surface area contributed by atoms with Gasteiger partial charge in [0.2, 0.25) is 23.6 Å². The fraction of sp³-hybridized carbons (Fsp3) is 0.283. The lowest BCUT2D eigenvalue weighted by Crippen LogP contribution is -2.45. The number of pyridine rings is 2. The molecule has 2 aliphatic carbocycles. The Labute approximate surface area is 716 Å². The van der Waals surface area contributed by atoms with Gasteiger partial charge in [0.25, 0.3) is 0 Å². The van der Waals surface area contributed by atoms with Crippen molar-refractivity contribution in [1.29, 1.82) is 0 Å². The van der Waals surface area contributed by atoms with Gasteiger partial charge in [-0.2, -0.15) is 20.4 Å². The molecular weight excluding hydrogens is 1650 g/mol. The minimum absolute atomic E-state index is 0.0515. The van der Waals surface area contributed by atoms with Gasteiger partial charge in [-0.05, 0) is 226 Å². The number of hydrogen-bond acceptors (Lipinski definition) is 18. The summed E-state index contributed by atoms with van der Waals surface area (Å²) in [5.74, 6) is -3.46. The van der Waals surface area contributed by atoms with Crippen LogP contribution < -0.4 is 20.5 Å². The Morgan fingerprint density at radius 1 is 0.418 bits per heavy atom. The number of rotatable bonds is 14. The lowest BCUT2D eigenvalue weighted by molar-refractivity contribution is -0.137. The number of unbranched alkanes of at least 4 members (excludes halogenated alkanes) is 1. The highest BCUT2D eigenvalue weighted by Crippen LogP contribution is 2.59. The van der Waals surface area contributed by atoms with Crippen molar-refractivity contribution in [2.24, 2.45) is 32.1 Å². The second-order valence-electron chi connectivity index (χ2n) is 30.4. The summed E-state index contributed by atoms with van der Waals surface area (Å²) in [5.41, 5.74) is 13.4. The number of hydrogen-bond donors (Lipinski definition) is 2. The van der Waals surface area contributed by atoms with Crippen LogP contribution in [0.3, 0.4) is 0 Å². The highest BCUT2D eigenvalue weighted by atomic mass is 32.2. The number of carbonyl (C=O) groups excluding carboxylic acids is 4. The number of nitrogens with two attached hydrogens (primary N) is 1. The maximum Gasteiger partial charge on any atom is 0.248 e. The summed E-state index contributed by atoms with van der Waals surface area (Å²) in [7, 11) is 0. The SMILES string of the molecule is NCCCCC(=O)N1N=C(c2cc(F)ccc2F)SC12CCOc1ccccc12.O=C(CC1CCNCC1)N1N=C(c2cc(F)ccc2F)SC12CCOc1ccccc12.O=C(Cc1cccnc1)N1N=C(c2cc(F)ccc2F)SC12CCCc1ccccc12.O=C(Cc1ccncc1)N1N=C(c2cc(F)ccc2F)SC12CCCc1ccccc12. The molecule has 10 aromatic rings. The quantitative estimate of drug-likeness (QED) is 0.0766. The minimum atomic E-state index is -0.845. The van der Waals surface area contributed by atoms with E-state index in [0.717, 1.165) is 175 Å². The molecule has 9 heterocycles. The maximum atomic E-state index is 14.6. The van der Waals surface area contributed by atoms with E-state index in [4.69, 9.17) is 15.2 Å². The predicted octanol–water partition coefficient (Wildman–Crippen LogP) is 18.3. The molecule has 0 saturated carbocycles. The highest BCUT2D eigenvalue weighted by Gasteiger charge is 2.56. The average molecular weight is 1730 g/mol. The van der Waals surface area contributed by atoms with E-state index in [9.17, 15) is 54.3 Å². The van der Waals surface area contributed by atoms with Crippen molar-refractivity contribution in [3.8, 4) is 11.5 Å². The van der Waals surface area contributed by atoms with E-state index in [1.807, 2.05) is 91.0 Å². The molecule has 0 radical (unpaired) electrons. The standard InChI is InChI=1S/2C24H19F2N3OS.C23H23F2N3O2S.C21H21F2N3O2S/c25-18-9-10-21(26)19(14-18)23-28-29(22(30)13-16-5-4-12-27-15-16)24(31-23)11-3-7-17-6-1-2-8-20(17)24;25-18-7-8-21(26)19(15-18)23-28-29(22(30)14-16-9-12-27-13-10-16)24(31-23)11-3-5-17-4-1-2-6-20(17)24;24-16-5-6-19(25)17(14-16)22-27-28(21(29)13-15-7-10-26-11-8-15)23(31-22)9-12-30-20-4-2-1-3-18(20)23;22-14-8-9-17(23)15(13-14)20-25-26(19(27)7-3-4-11-24)21(29-20)10-12-28-18-6-2-1-5-16(18)21/h1-2,4-6,8-10,12,14-15H,3,7,11,13H2;1-2,4,6-10,12-13,15H,3,5,11,14H2;1-6,14-15,26H,7-13H2;1-2,5-6,8-9,13H,3-4,7,10-12,24H2. The maximum absolute atomic E-state index is 14.6. The molecule has 7 aliphatic heterocycles. The summed E-state index contributed by atoms with van der Waals surface area (Å²) < 4.78 is 125. The Bertz CT molecular complexity index is 5580. The van der Waals surface area contributed by atoms with E-state index in [-0.39, 0.29) is 76.1 Å². The number of carbonyl (C=O) groups is 4. The number of thioether (sulfide) groups is 4. The highest BCUT2D eigenvalue weighted by molar-refractivity contribution is 8.16. The summed E-state index contributed by atoms with van der Waals surface area (Å²) >= 11 is 5.25. The molecule has 19 rings (SSSR count). The molecule has 4 amide bonds. The van der Waals surface area contributed by atoms with Gasteiger partial charge in [0.1, 0.15) is 97.7 Å². The largest absolute Gasteiger partial charge is 0.493 e. The molecule has 122 heavy (non-hydrogen) atoms. The topological polar surface area (TPSA) is 213 Å². The van der Waals surface area contributed by atoms with E-state index in [1.165, 1.54) is 67.1 Å². The summed E-state index contributed by atoms with van der Waals surface area (Å²) in [6, 6.07) is 51.4. The Morgan fingerprint density at radius 3 is 1.24 bits per heavy atom. The van der Waals surface area contributed by atoms with Crippen LogP contribution in [0, 0.1) is 52.5 Å². The number of nitrogens with one attached hydrogen (secondary N) is 1. The van der Waals surface area contributed by atoms with Crippen molar-refractivity contribution in [3.05, 3.63) is 332 Å². The third-order valence-electron chi connectivity index (χ3n) is 22.5. The molecule has 1 fully saturated rings. The normalized spacial score (nSPS) is 20.9. The van der Waals surface area contributed by atoms with E-state index >= 15 is 0 Å². The molecule has 0 bridgehead atoms. The van der Waals surface area contributed by atoms with Crippen molar-refractivity contribution < 1.29 is 63.8 Å². The Hall–Kier alpha value is -11.0. The van der Waals surface area contributed by atoms with Gasteiger partial charge in [-0.1, -0.05) is 138 Å². The lowest BCUT2D eigenvalue weighted by Gasteiger charge is -2.40. The molecule has 18 nitrogen and oxygen atoms in total. The number of amides is 4. The fourth-order valence-corrected chi connectivity index (χ4v) is 22.5. The van der Waals surface area contributed by atoms with Crippen LogP contribution in [0.2, 0.25) is 0 Å². The van der Waals surface area contributed by atoms with Crippen molar-refractivity contribution in [1.82, 2.24) is 35.3 Å². The number of para-hydroxylation sites is 2. The number of nitrogens with zero attached hydrogens (tertiary/aromatic N) is 10. The molecule has 8 aromatic carbocycles. The number of fused-ring (bicyclic) bond motifs is 8. The zero-order valence-electron chi connectivity index (χ0n) is 65.9. The number of benzene rings is 8. The summed E-state index contributed by atoms with van der Waals surface area (Å²) in [6.07, 6.45) is 16.7. The van der Waals surface area contributed by atoms with Crippen molar-refractivity contribution in [2.75, 3.05) is 32.8 Å². The number of hydrazone groups is 4. The Balaban J connectivity index is 0.000000121. The number of piperidine rings is 1. The zero-order chi connectivity index (χ0) is 84.7. The van der Waals surface area contributed by atoms with E-state index in [2.05, 4.69) is 47.8 Å². The van der Waals surface area contributed by atoms with Gasteiger partial charge in [0, 0.05) is 83.9 Å². The molecule has 4 spiro atoms. The molecule has 9 aliphatic rings. The number of aromatic nitrogens is 2. The molecule has 1 saturated heterocycles. The number of aryl methyl sites for hydroxylation is 2. The molecule has 626 valence electrons. The molecule has 30 heteroatoms. The van der Waals surface area contributed by atoms with Crippen LogP contribution in [-0.2, 0) is 64.3 Å². The van der Waals surface area contributed by atoms with E-state index in [1.54, 1.807) is 43.0 Å². The van der Waals surface area contributed by atoms with E-state index in [0.29, 0.717) is 84.9 Å². The molecule has 3 N–H and O–H groups in total. The van der Waals surface area contributed by atoms with Crippen LogP contribution in [0.5, 0.6) is 11.5 Å². The lowest BCUT2D eigenvalue weighted by atomic mass is 9.86. The molecule has 4 atom stereocenters. The fourth-order valence-electron chi connectivity index (χ4n) is 16.7. The zero-order valence-corrected chi connectivity index (χ0v) is 69.1. The van der Waals surface area contributed by atoms with Gasteiger partial charge < -0.3 is 20.5 Å². The van der Waals surface area contributed by atoms with Gasteiger partial charge in [0.15, 0.2) is 0 Å². The first-order valence-electron chi connectivity index (χ1n) is 40.3.